The standard InChI is InChI=1S/C10H18N2O3/c1-7(10(14)15-2)12-9(13)8-4-3-5-11-6-8/h7-8,11H,3-6H2,1-2H3,(H,12,13)/t7-,8-/m0/s1. The zero-order valence-electron chi connectivity index (χ0n) is 9.21. The number of hydrogen-bond acceptors (Lipinski definition) is 4. The van der Waals surface area contributed by atoms with Gasteiger partial charge in [-0.25, -0.2) is 4.79 Å². The highest BCUT2D eigenvalue weighted by molar-refractivity contribution is 5.85. The Morgan fingerprint density at radius 1 is 1.53 bits per heavy atom. The summed E-state index contributed by atoms with van der Waals surface area (Å²) in [7, 11) is 1.31. The average Bonchev–Trinajstić information content (AvgIpc) is 2.29. The van der Waals surface area contributed by atoms with Crippen LogP contribution in [-0.4, -0.2) is 38.1 Å². The lowest BCUT2D eigenvalue weighted by Crippen LogP contribution is -2.46. The molecule has 0 saturated carbocycles. The van der Waals surface area contributed by atoms with Gasteiger partial charge < -0.3 is 15.4 Å². The monoisotopic (exact) mass is 214 g/mol. The second-order valence-electron chi connectivity index (χ2n) is 3.80. The molecule has 0 aromatic heterocycles. The smallest absolute Gasteiger partial charge is 0.328 e. The topological polar surface area (TPSA) is 67.4 Å². The van der Waals surface area contributed by atoms with Crippen molar-refractivity contribution in [1.29, 1.82) is 0 Å². The Morgan fingerprint density at radius 3 is 2.80 bits per heavy atom. The normalized spacial score (nSPS) is 22.9. The lowest BCUT2D eigenvalue weighted by molar-refractivity contribution is -0.145. The van der Waals surface area contributed by atoms with Gasteiger partial charge in [0.15, 0.2) is 0 Å². The fourth-order valence-corrected chi connectivity index (χ4v) is 1.64. The predicted octanol–water partition coefficient (Wildman–Crippen LogP) is -0.336. The van der Waals surface area contributed by atoms with Crippen molar-refractivity contribution in [3.05, 3.63) is 0 Å². The first kappa shape index (κ1) is 12.0. The summed E-state index contributed by atoms with van der Waals surface area (Å²) in [5.41, 5.74) is 0. The maximum absolute atomic E-state index is 11.7. The maximum Gasteiger partial charge on any atom is 0.328 e. The van der Waals surface area contributed by atoms with Gasteiger partial charge in [-0.3, -0.25) is 4.79 Å². The van der Waals surface area contributed by atoms with Crippen molar-refractivity contribution in [3.63, 3.8) is 0 Å². The van der Waals surface area contributed by atoms with Crippen LogP contribution in [0.1, 0.15) is 19.8 Å². The summed E-state index contributed by atoms with van der Waals surface area (Å²) in [5.74, 6) is -0.502. The van der Waals surface area contributed by atoms with Crippen molar-refractivity contribution < 1.29 is 14.3 Å². The Morgan fingerprint density at radius 2 is 2.27 bits per heavy atom. The molecule has 86 valence electrons. The highest BCUT2D eigenvalue weighted by Crippen LogP contribution is 2.09. The Kier molecular flexibility index (Phi) is 4.55. The first-order valence-electron chi connectivity index (χ1n) is 5.24. The molecule has 0 bridgehead atoms. The molecule has 1 rings (SSSR count). The van der Waals surface area contributed by atoms with E-state index in [9.17, 15) is 9.59 Å². The fraction of sp³-hybridized carbons (Fsp3) is 0.800. The van der Waals surface area contributed by atoms with Gasteiger partial charge in [0, 0.05) is 6.54 Å². The van der Waals surface area contributed by atoms with Gasteiger partial charge in [-0.05, 0) is 26.3 Å². The van der Waals surface area contributed by atoms with Gasteiger partial charge in [0.2, 0.25) is 5.91 Å². The van der Waals surface area contributed by atoms with Gasteiger partial charge in [0.25, 0.3) is 0 Å². The molecule has 1 saturated heterocycles. The number of piperidine rings is 1. The third-order valence-corrected chi connectivity index (χ3v) is 2.58. The molecule has 0 unspecified atom stereocenters. The van der Waals surface area contributed by atoms with Crippen LogP contribution >= 0.6 is 0 Å². The van der Waals surface area contributed by atoms with Crippen LogP contribution in [0.2, 0.25) is 0 Å². The van der Waals surface area contributed by atoms with Crippen LogP contribution in [0.3, 0.4) is 0 Å². The van der Waals surface area contributed by atoms with E-state index in [1.54, 1.807) is 6.92 Å². The number of hydrogen-bond donors (Lipinski definition) is 2. The zero-order valence-corrected chi connectivity index (χ0v) is 9.21. The van der Waals surface area contributed by atoms with Crippen molar-refractivity contribution in [3.8, 4) is 0 Å². The van der Waals surface area contributed by atoms with Crippen molar-refractivity contribution in [1.82, 2.24) is 10.6 Å². The predicted molar refractivity (Wildman–Crippen MR) is 55.2 cm³/mol. The number of carbonyl (C=O) groups excluding carboxylic acids is 2. The Hall–Kier alpha value is -1.10. The number of esters is 1. The Balaban J connectivity index is 2.36. The molecule has 0 spiro atoms. The van der Waals surface area contributed by atoms with Gasteiger partial charge in [-0.1, -0.05) is 0 Å². The summed E-state index contributed by atoms with van der Waals surface area (Å²) < 4.78 is 4.53. The van der Waals surface area contributed by atoms with Gasteiger partial charge in [-0.15, -0.1) is 0 Å². The SMILES string of the molecule is COC(=O)[C@H](C)NC(=O)[C@H]1CCCNC1. The van der Waals surface area contributed by atoms with E-state index in [1.807, 2.05) is 0 Å². The van der Waals surface area contributed by atoms with Gasteiger partial charge >= 0.3 is 5.97 Å². The third-order valence-electron chi connectivity index (χ3n) is 2.58. The van der Waals surface area contributed by atoms with Crippen molar-refractivity contribution in [2.75, 3.05) is 20.2 Å². The number of carbonyl (C=O) groups is 2. The summed E-state index contributed by atoms with van der Waals surface area (Å²) in [6, 6.07) is -0.565. The largest absolute Gasteiger partial charge is 0.467 e. The van der Waals surface area contributed by atoms with Crippen LogP contribution in [0.25, 0.3) is 0 Å². The minimum atomic E-state index is -0.565. The van der Waals surface area contributed by atoms with E-state index in [0.29, 0.717) is 6.54 Å². The van der Waals surface area contributed by atoms with Crippen molar-refractivity contribution >= 4 is 11.9 Å². The van der Waals surface area contributed by atoms with Crippen LogP contribution in [-0.2, 0) is 14.3 Å². The molecule has 1 heterocycles. The van der Waals surface area contributed by atoms with E-state index >= 15 is 0 Å². The number of methoxy groups -OCH3 is 1. The lowest BCUT2D eigenvalue weighted by Gasteiger charge is -2.23. The summed E-state index contributed by atoms with van der Waals surface area (Å²) in [5, 5.41) is 5.80. The highest BCUT2D eigenvalue weighted by atomic mass is 16.5. The van der Waals surface area contributed by atoms with E-state index in [2.05, 4.69) is 15.4 Å². The highest BCUT2D eigenvalue weighted by Gasteiger charge is 2.24. The quantitative estimate of drug-likeness (QED) is 0.631. The van der Waals surface area contributed by atoms with Gasteiger partial charge in [-0.2, -0.15) is 0 Å². The molecule has 2 atom stereocenters. The number of nitrogens with one attached hydrogen (secondary N) is 2. The second-order valence-corrected chi connectivity index (χ2v) is 3.80. The minimum absolute atomic E-state index is 0.0224. The first-order chi connectivity index (χ1) is 7.15. The first-order valence-corrected chi connectivity index (χ1v) is 5.24. The van der Waals surface area contributed by atoms with Crippen LogP contribution in [0.5, 0.6) is 0 Å². The molecule has 0 aromatic rings. The molecular formula is C10H18N2O3. The number of ether oxygens (including phenoxy) is 1. The van der Waals surface area contributed by atoms with Crippen LogP contribution < -0.4 is 10.6 Å². The molecule has 0 aliphatic carbocycles. The lowest BCUT2D eigenvalue weighted by atomic mass is 9.98. The molecule has 0 radical (unpaired) electrons. The molecule has 5 nitrogen and oxygen atoms in total. The molecule has 1 amide bonds. The zero-order chi connectivity index (χ0) is 11.3. The summed E-state index contributed by atoms with van der Waals surface area (Å²) in [6.07, 6.45) is 1.89. The third kappa shape index (κ3) is 3.51. The molecule has 2 N–H and O–H groups in total. The van der Waals surface area contributed by atoms with Crippen molar-refractivity contribution in [2.45, 2.75) is 25.8 Å². The molecular weight excluding hydrogens is 196 g/mol. The van der Waals surface area contributed by atoms with Crippen molar-refractivity contribution in [2.24, 2.45) is 5.92 Å². The van der Waals surface area contributed by atoms with E-state index in [1.165, 1.54) is 7.11 Å². The molecule has 5 heteroatoms. The molecule has 15 heavy (non-hydrogen) atoms. The minimum Gasteiger partial charge on any atom is -0.467 e. The summed E-state index contributed by atoms with van der Waals surface area (Å²) in [4.78, 5) is 22.7. The number of rotatable bonds is 3. The van der Waals surface area contributed by atoms with Gasteiger partial charge in [0.05, 0.1) is 13.0 Å². The summed E-state index contributed by atoms with van der Waals surface area (Å²) in [6.45, 7) is 3.29. The fourth-order valence-electron chi connectivity index (χ4n) is 1.64. The van der Waals surface area contributed by atoms with E-state index in [0.717, 1.165) is 19.4 Å². The maximum atomic E-state index is 11.7. The van der Waals surface area contributed by atoms with Crippen LogP contribution in [0.4, 0.5) is 0 Å². The molecule has 0 aromatic carbocycles. The Bertz CT molecular complexity index is 237. The van der Waals surface area contributed by atoms with Gasteiger partial charge in [0.1, 0.15) is 6.04 Å². The van der Waals surface area contributed by atoms with E-state index in [4.69, 9.17) is 0 Å². The molecule has 1 fully saturated rings. The average molecular weight is 214 g/mol. The number of amides is 1. The van der Waals surface area contributed by atoms with E-state index < -0.39 is 12.0 Å². The van der Waals surface area contributed by atoms with E-state index in [-0.39, 0.29) is 11.8 Å². The Labute approximate surface area is 89.6 Å². The molecule has 1 aliphatic heterocycles. The van der Waals surface area contributed by atoms with Crippen LogP contribution in [0.15, 0.2) is 0 Å². The molecule has 1 aliphatic rings. The van der Waals surface area contributed by atoms with Crippen LogP contribution in [0, 0.1) is 5.92 Å². The second kappa shape index (κ2) is 5.70. The summed E-state index contributed by atoms with van der Waals surface area (Å²) >= 11 is 0.